The van der Waals surface area contributed by atoms with Crippen molar-refractivity contribution in [3.05, 3.63) is 48.4 Å². The molecule has 1 unspecified atom stereocenters. The van der Waals surface area contributed by atoms with Crippen LogP contribution in [0, 0.1) is 0 Å². The van der Waals surface area contributed by atoms with E-state index in [1.54, 1.807) is 11.1 Å². The number of nitrogens with zero attached hydrogens (tertiary/aromatic N) is 1. The Hall–Kier alpha value is -2.63. The highest BCUT2D eigenvalue weighted by atomic mass is 16.8. The van der Waals surface area contributed by atoms with Crippen molar-refractivity contribution >= 4 is 11.7 Å². The van der Waals surface area contributed by atoms with E-state index < -0.39 is 12.0 Å². The Morgan fingerprint density at radius 2 is 1.46 bits per heavy atom. The summed E-state index contributed by atoms with van der Waals surface area (Å²) in [6.45, 7) is 5.30. The Morgan fingerprint density at radius 1 is 0.865 bits per heavy atom. The van der Waals surface area contributed by atoms with Gasteiger partial charge < -0.3 is 19.4 Å². The third-order valence-corrected chi connectivity index (χ3v) is 6.50. The number of aliphatic carboxylic acids is 1. The van der Waals surface area contributed by atoms with Gasteiger partial charge >= 0.3 is 11.9 Å². The molecule has 0 spiro atoms. The summed E-state index contributed by atoms with van der Waals surface area (Å²) in [6.07, 6.45) is 24.5. The Kier molecular flexibility index (Phi) is 16.1. The molecule has 1 aliphatic heterocycles. The van der Waals surface area contributed by atoms with Gasteiger partial charge in [0.05, 0.1) is 25.3 Å². The van der Waals surface area contributed by atoms with Crippen LogP contribution in [0.3, 0.4) is 0 Å². The summed E-state index contributed by atoms with van der Waals surface area (Å²) in [6, 6.07) is 7.15. The van der Waals surface area contributed by atoms with Crippen LogP contribution in [0.15, 0.2) is 48.4 Å². The number of rotatable bonds is 22. The number of ether oxygens (including phenoxy) is 2. The smallest absolute Gasteiger partial charge is 0.305 e. The first-order valence-corrected chi connectivity index (χ1v) is 14.6. The molecule has 0 aliphatic carbocycles. The molecule has 6 nitrogen and oxygen atoms in total. The first kappa shape index (κ1) is 30.6. The van der Waals surface area contributed by atoms with Crippen LogP contribution in [0.4, 0.5) is 5.69 Å². The van der Waals surface area contributed by atoms with Gasteiger partial charge in [0, 0.05) is 6.08 Å². The number of hydroxylamine groups is 1. The number of allylic oxidation sites excluding steroid dienone is 2. The van der Waals surface area contributed by atoms with Gasteiger partial charge in [-0.25, -0.2) is 0 Å². The maximum Gasteiger partial charge on any atom is 0.305 e. The number of carboxylic acids is 1. The molecule has 1 N–H and O–H groups in total. The maximum atomic E-state index is 11.2. The second-order valence-electron chi connectivity index (χ2n) is 9.78. The zero-order valence-corrected chi connectivity index (χ0v) is 23.2. The monoisotopic (exact) mass is 515 g/mol. The number of carbonyl (C=O) groups is 1. The molecule has 0 saturated carbocycles. The molecule has 1 aromatic carbocycles. The number of benzene rings is 1. The first-order chi connectivity index (χ1) is 18.1. The largest absolute Gasteiger partial charge is 0.494 e. The molecule has 1 atom stereocenters. The van der Waals surface area contributed by atoms with E-state index in [0.29, 0.717) is 19.2 Å². The van der Waals surface area contributed by atoms with Crippen molar-refractivity contribution in [1.29, 1.82) is 0 Å². The topological polar surface area (TPSA) is 68.2 Å². The van der Waals surface area contributed by atoms with Crippen molar-refractivity contribution in [3.63, 3.8) is 0 Å². The molecule has 0 saturated heterocycles. The van der Waals surface area contributed by atoms with Crippen LogP contribution in [0.25, 0.3) is 0 Å². The fourth-order valence-electron chi connectivity index (χ4n) is 4.43. The van der Waals surface area contributed by atoms with E-state index in [1.165, 1.54) is 83.5 Å². The van der Waals surface area contributed by atoms with Gasteiger partial charge in [-0.15, -0.1) is 0 Å². The summed E-state index contributed by atoms with van der Waals surface area (Å²) < 4.78 is 11.3. The zero-order chi connectivity index (χ0) is 26.6. The zero-order valence-electron chi connectivity index (χ0n) is 23.2. The summed E-state index contributed by atoms with van der Waals surface area (Å²) in [5.41, 5.74) is 0.766. The molecule has 208 valence electrons. The average Bonchev–Trinajstić information content (AvgIpc) is 3.28. The molecule has 0 amide bonds. The predicted octanol–water partition coefficient (Wildman–Crippen LogP) is 8.58. The quantitative estimate of drug-likeness (QED) is 0.123. The Morgan fingerprint density at radius 3 is 2.05 bits per heavy atom. The van der Waals surface area contributed by atoms with Crippen molar-refractivity contribution in [2.24, 2.45) is 0 Å². The molecule has 1 aliphatic rings. The minimum atomic E-state index is -0.886. The van der Waals surface area contributed by atoms with Gasteiger partial charge in [-0.05, 0) is 63.3 Å². The van der Waals surface area contributed by atoms with E-state index in [9.17, 15) is 9.90 Å². The van der Waals surface area contributed by atoms with Gasteiger partial charge in [-0.1, -0.05) is 76.9 Å². The highest BCUT2D eigenvalue weighted by Gasteiger charge is 2.30. The lowest BCUT2D eigenvalue weighted by Crippen LogP contribution is -2.30. The predicted molar refractivity (Wildman–Crippen MR) is 151 cm³/mol. The van der Waals surface area contributed by atoms with E-state index in [2.05, 4.69) is 19.1 Å². The van der Waals surface area contributed by atoms with E-state index in [0.717, 1.165) is 17.9 Å². The number of anilines is 1. The Labute approximate surface area is 224 Å². The lowest BCUT2D eigenvalue weighted by atomic mass is 10.1. The van der Waals surface area contributed by atoms with Crippen molar-refractivity contribution in [2.45, 2.75) is 116 Å². The number of hydrogen-bond donors (Lipinski definition) is 1. The van der Waals surface area contributed by atoms with E-state index >= 15 is 0 Å². The lowest BCUT2D eigenvalue weighted by Gasteiger charge is -2.23. The van der Waals surface area contributed by atoms with Gasteiger partial charge in [0.15, 0.2) is 0 Å². The second kappa shape index (κ2) is 19.5. The van der Waals surface area contributed by atoms with Crippen LogP contribution >= 0.6 is 0 Å². The van der Waals surface area contributed by atoms with Gasteiger partial charge in [0.25, 0.3) is 0 Å². The van der Waals surface area contributed by atoms with Crippen molar-refractivity contribution in [1.82, 2.24) is 0 Å². The van der Waals surface area contributed by atoms with E-state index in [-0.39, 0.29) is 6.42 Å². The van der Waals surface area contributed by atoms with Gasteiger partial charge in [0.1, 0.15) is 11.8 Å². The highest BCUT2D eigenvalue weighted by molar-refractivity contribution is 5.69. The minimum absolute atomic E-state index is 0.0647. The number of hydrogen-bond acceptors (Lipinski definition) is 5. The normalized spacial score (nSPS) is 15.1. The summed E-state index contributed by atoms with van der Waals surface area (Å²) >= 11 is 0. The molecular weight excluding hydrogens is 466 g/mol. The molecule has 1 aromatic rings. The fourth-order valence-corrected chi connectivity index (χ4v) is 4.43. The molecule has 1 heterocycles. The van der Waals surface area contributed by atoms with Crippen LogP contribution in [0.5, 0.6) is 5.75 Å². The van der Waals surface area contributed by atoms with Crippen molar-refractivity contribution in [3.8, 4) is 5.75 Å². The maximum absolute atomic E-state index is 11.2. The van der Waals surface area contributed by atoms with Gasteiger partial charge in [0.2, 0.25) is 0 Å². The summed E-state index contributed by atoms with van der Waals surface area (Å²) in [5.74, 6) is 0.265. The minimum Gasteiger partial charge on any atom is -0.494 e. The van der Waals surface area contributed by atoms with Gasteiger partial charge in [-0.3, -0.25) is 4.79 Å². The lowest BCUT2D eigenvalue weighted by molar-refractivity contribution is -0.137. The molecule has 2 rings (SSSR count). The van der Waals surface area contributed by atoms with E-state index in [4.69, 9.17) is 14.3 Å². The molecule has 0 aromatic heterocycles. The van der Waals surface area contributed by atoms with Crippen LogP contribution in [0.2, 0.25) is 0 Å². The molecule has 0 radical (unpaired) electrons. The van der Waals surface area contributed by atoms with Crippen LogP contribution in [-0.2, 0) is 14.4 Å². The van der Waals surface area contributed by atoms with Crippen molar-refractivity contribution < 1.29 is 24.2 Å². The van der Waals surface area contributed by atoms with Crippen LogP contribution < -0.4 is 9.80 Å². The molecule has 0 bridgehead atoms. The second-order valence-corrected chi connectivity index (χ2v) is 9.78. The molecule has 37 heavy (non-hydrogen) atoms. The number of carboxylic acid groups (broad SMARTS) is 1. The first-order valence-electron chi connectivity index (χ1n) is 14.6. The third kappa shape index (κ3) is 13.5. The number of unbranched alkanes of at least 4 members (excludes halogenated alkanes) is 12. The molecular formula is C31H49NO5. The standard InChI is InChI=1S/C31H49NO5/c1-3-5-6-7-8-9-10-11-12-13-14-15-16-17-18-19-24-36-29-22-20-27(21-23-29)32-28(25-30(33)34)26-31(37-32)35-4-2/h11-12,20-23,26,28H,3-10,13-19,24-25H2,1-2H3,(H,33,34)/b12-11+. The SMILES string of the molecule is CCCCCCCC/C=C/CCCCCCCCOc1ccc(N2OC(OCC)=CC2CC(=O)O)cc1. The average molecular weight is 516 g/mol. The summed E-state index contributed by atoms with van der Waals surface area (Å²) in [7, 11) is 0. The van der Waals surface area contributed by atoms with E-state index in [1.807, 2.05) is 31.2 Å². The molecule has 6 heteroatoms. The fraction of sp³-hybridized carbons (Fsp3) is 0.645. The highest BCUT2D eigenvalue weighted by Crippen LogP contribution is 2.30. The van der Waals surface area contributed by atoms with Crippen molar-refractivity contribution in [2.75, 3.05) is 18.3 Å². The van der Waals surface area contributed by atoms with Gasteiger partial charge in [-0.2, -0.15) is 5.06 Å². The van der Waals surface area contributed by atoms with Crippen LogP contribution in [0.1, 0.15) is 110 Å². The Balaban J connectivity index is 1.50. The van der Waals surface area contributed by atoms with Crippen LogP contribution in [-0.4, -0.2) is 30.3 Å². The Bertz CT molecular complexity index is 789. The molecule has 0 fully saturated rings. The third-order valence-electron chi connectivity index (χ3n) is 6.50. The summed E-state index contributed by atoms with van der Waals surface area (Å²) in [5, 5.41) is 10.8. The summed E-state index contributed by atoms with van der Waals surface area (Å²) in [4.78, 5) is 16.9.